The molecule has 1 atom stereocenters. The van der Waals surface area contributed by atoms with Gasteiger partial charge in [0.2, 0.25) is 0 Å². The molecule has 0 radical (unpaired) electrons. The lowest BCUT2D eigenvalue weighted by Crippen LogP contribution is -2.33. The van der Waals surface area contributed by atoms with E-state index in [0.29, 0.717) is 0 Å². The average molecular weight is 179 g/mol. The van der Waals surface area contributed by atoms with Gasteiger partial charge in [-0.1, -0.05) is 0 Å². The van der Waals surface area contributed by atoms with Crippen LogP contribution in [0.4, 0.5) is 0 Å². The Balaban J connectivity index is 4.15. The van der Waals surface area contributed by atoms with Crippen LogP contribution in [0.1, 0.15) is 20.8 Å². The van der Waals surface area contributed by atoms with Crippen LogP contribution in [0.15, 0.2) is 0 Å². The minimum atomic E-state index is -2.87. The maximum absolute atomic E-state index is 11.3. The Bertz CT molecular complexity index is 196. The number of nitrogens with one attached hydrogen (secondary N) is 1. The highest BCUT2D eigenvalue weighted by Crippen LogP contribution is 2.02. The van der Waals surface area contributed by atoms with Crippen molar-refractivity contribution < 1.29 is 8.42 Å². The van der Waals surface area contributed by atoms with Crippen LogP contribution >= 0.6 is 0 Å². The second kappa shape index (κ2) is 4.07. The zero-order valence-corrected chi connectivity index (χ0v) is 8.40. The predicted molar refractivity (Wildman–Crippen MR) is 47.4 cm³/mol. The van der Waals surface area contributed by atoms with Gasteiger partial charge in [0, 0.05) is 6.04 Å². The summed E-state index contributed by atoms with van der Waals surface area (Å²) in [6, 6.07) is 0.0439. The van der Waals surface area contributed by atoms with Gasteiger partial charge in [0.15, 0.2) is 9.84 Å². The van der Waals surface area contributed by atoms with E-state index in [1.165, 1.54) is 0 Å². The molecule has 11 heavy (non-hydrogen) atoms. The highest BCUT2D eigenvalue weighted by molar-refractivity contribution is 7.92. The van der Waals surface area contributed by atoms with Crippen LogP contribution in [0, 0.1) is 0 Å². The molecule has 1 unspecified atom stereocenters. The third kappa shape index (κ3) is 3.72. The van der Waals surface area contributed by atoms with E-state index in [9.17, 15) is 8.42 Å². The van der Waals surface area contributed by atoms with Crippen LogP contribution in [0.3, 0.4) is 0 Å². The standard InChI is InChI=1S/C7H17NO2S/c1-6(2)11(9,10)5-7(3)8-4/h6-8H,5H2,1-4H3. The van der Waals surface area contributed by atoms with E-state index < -0.39 is 9.84 Å². The van der Waals surface area contributed by atoms with Gasteiger partial charge in [-0.25, -0.2) is 8.42 Å². The van der Waals surface area contributed by atoms with Gasteiger partial charge in [0.05, 0.1) is 11.0 Å². The van der Waals surface area contributed by atoms with Crippen molar-refractivity contribution in [1.29, 1.82) is 0 Å². The molecule has 0 amide bonds. The lowest BCUT2D eigenvalue weighted by Gasteiger charge is -2.12. The van der Waals surface area contributed by atoms with Crippen molar-refractivity contribution in [3.8, 4) is 0 Å². The Labute approximate surface area is 69.1 Å². The smallest absolute Gasteiger partial charge is 0.154 e. The van der Waals surface area contributed by atoms with Crippen molar-refractivity contribution in [2.24, 2.45) is 0 Å². The molecular weight excluding hydrogens is 162 g/mol. The van der Waals surface area contributed by atoms with Gasteiger partial charge in [-0.05, 0) is 27.8 Å². The van der Waals surface area contributed by atoms with Gasteiger partial charge in [-0.15, -0.1) is 0 Å². The van der Waals surface area contributed by atoms with E-state index in [-0.39, 0.29) is 17.0 Å². The third-order valence-corrected chi connectivity index (χ3v) is 4.09. The molecule has 0 saturated carbocycles. The summed E-state index contributed by atoms with van der Waals surface area (Å²) in [6.45, 7) is 5.27. The lowest BCUT2D eigenvalue weighted by atomic mass is 10.4. The van der Waals surface area contributed by atoms with Crippen LogP contribution < -0.4 is 5.32 Å². The van der Waals surface area contributed by atoms with E-state index >= 15 is 0 Å². The highest BCUT2D eigenvalue weighted by atomic mass is 32.2. The SMILES string of the molecule is CNC(C)CS(=O)(=O)C(C)C. The molecule has 0 rings (SSSR count). The molecule has 0 aliphatic heterocycles. The summed E-state index contributed by atoms with van der Waals surface area (Å²) in [7, 11) is -1.11. The van der Waals surface area contributed by atoms with Gasteiger partial charge in [-0.2, -0.15) is 0 Å². The van der Waals surface area contributed by atoms with Crippen molar-refractivity contribution in [2.45, 2.75) is 32.1 Å². The second-order valence-electron chi connectivity index (χ2n) is 3.07. The van der Waals surface area contributed by atoms with E-state index in [2.05, 4.69) is 5.32 Å². The molecule has 0 saturated heterocycles. The molecule has 0 aliphatic carbocycles. The number of hydrogen-bond donors (Lipinski definition) is 1. The Morgan fingerprint density at radius 2 is 1.73 bits per heavy atom. The molecule has 68 valence electrons. The van der Waals surface area contributed by atoms with E-state index in [0.717, 1.165) is 0 Å². The first kappa shape index (κ1) is 10.9. The normalized spacial score (nSPS) is 15.4. The molecule has 0 aromatic heterocycles. The molecular formula is C7H17NO2S. The molecule has 0 bridgehead atoms. The van der Waals surface area contributed by atoms with Crippen LogP contribution in [0.5, 0.6) is 0 Å². The summed E-state index contributed by atoms with van der Waals surface area (Å²) in [5.74, 6) is 0.223. The lowest BCUT2D eigenvalue weighted by molar-refractivity contribution is 0.570. The van der Waals surface area contributed by atoms with E-state index in [4.69, 9.17) is 0 Å². The Kier molecular flexibility index (Phi) is 4.03. The predicted octanol–water partition coefficient (Wildman–Crippen LogP) is 0.417. The van der Waals surface area contributed by atoms with E-state index in [1.807, 2.05) is 6.92 Å². The monoisotopic (exact) mass is 179 g/mol. The van der Waals surface area contributed by atoms with Crippen molar-refractivity contribution >= 4 is 9.84 Å². The summed E-state index contributed by atoms with van der Waals surface area (Å²) >= 11 is 0. The highest BCUT2D eigenvalue weighted by Gasteiger charge is 2.18. The molecule has 0 aromatic rings. The minimum Gasteiger partial charge on any atom is -0.316 e. The summed E-state index contributed by atoms with van der Waals surface area (Å²) in [4.78, 5) is 0. The van der Waals surface area contributed by atoms with Gasteiger partial charge in [0.25, 0.3) is 0 Å². The van der Waals surface area contributed by atoms with Crippen molar-refractivity contribution in [3.05, 3.63) is 0 Å². The van der Waals surface area contributed by atoms with Crippen molar-refractivity contribution in [1.82, 2.24) is 5.32 Å². The molecule has 0 aromatic carbocycles. The third-order valence-electron chi connectivity index (χ3n) is 1.69. The fraction of sp³-hybridized carbons (Fsp3) is 1.00. The first-order chi connectivity index (χ1) is 4.90. The molecule has 0 aliphatic rings. The second-order valence-corrected chi connectivity index (χ2v) is 5.67. The van der Waals surface area contributed by atoms with Gasteiger partial charge in [-0.3, -0.25) is 0 Å². The molecule has 0 heterocycles. The topological polar surface area (TPSA) is 46.2 Å². The van der Waals surface area contributed by atoms with Gasteiger partial charge in [0.1, 0.15) is 0 Å². The van der Waals surface area contributed by atoms with Crippen LogP contribution in [0.2, 0.25) is 0 Å². The van der Waals surface area contributed by atoms with Crippen molar-refractivity contribution in [3.63, 3.8) is 0 Å². The molecule has 0 spiro atoms. The summed E-state index contributed by atoms with van der Waals surface area (Å²) < 4.78 is 22.5. The Hall–Kier alpha value is -0.0900. The zero-order valence-electron chi connectivity index (χ0n) is 7.59. The minimum absolute atomic E-state index is 0.0439. The average Bonchev–Trinajstić information content (AvgIpc) is 1.86. The fourth-order valence-electron chi connectivity index (χ4n) is 0.624. The van der Waals surface area contributed by atoms with Crippen LogP contribution in [-0.4, -0.2) is 32.5 Å². The summed E-state index contributed by atoms with van der Waals surface area (Å²) in [5.41, 5.74) is 0. The van der Waals surface area contributed by atoms with Crippen LogP contribution in [0.25, 0.3) is 0 Å². The first-order valence-electron chi connectivity index (χ1n) is 3.79. The van der Waals surface area contributed by atoms with Gasteiger partial charge >= 0.3 is 0 Å². The van der Waals surface area contributed by atoms with Crippen molar-refractivity contribution in [2.75, 3.05) is 12.8 Å². The largest absolute Gasteiger partial charge is 0.316 e. The Morgan fingerprint density at radius 1 is 1.27 bits per heavy atom. The van der Waals surface area contributed by atoms with Gasteiger partial charge < -0.3 is 5.32 Å². The molecule has 0 fully saturated rings. The van der Waals surface area contributed by atoms with Crippen LogP contribution in [-0.2, 0) is 9.84 Å². The molecule has 1 N–H and O–H groups in total. The number of rotatable bonds is 4. The number of hydrogen-bond acceptors (Lipinski definition) is 3. The first-order valence-corrected chi connectivity index (χ1v) is 5.50. The fourth-order valence-corrected chi connectivity index (χ4v) is 1.87. The summed E-state index contributed by atoms with van der Waals surface area (Å²) in [6.07, 6.45) is 0. The van der Waals surface area contributed by atoms with E-state index in [1.54, 1.807) is 20.9 Å². The Morgan fingerprint density at radius 3 is 2.00 bits per heavy atom. The quantitative estimate of drug-likeness (QED) is 0.680. The zero-order chi connectivity index (χ0) is 9.07. The molecule has 3 nitrogen and oxygen atoms in total. The number of sulfone groups is 1. The maximum Gasteiger partial charge on any atom is 0.154 e. The molecule has 4 heteroatoms. The summed E-state index contributed by atoms with van der Waals surface area (Å²) in [5, 5.41) is 2.63. The maximum atomic E-state index is 11.3.